The number of sulfonamides is 3. The molecule has 12 rings (SSSR count). The number of aromatic nitrogens is 6. The summed E-state index contributed by atoms with van der Waals surface area (Å²) in [5, 5.41) is 8.64. The zero-order valence-electron chi connectivity index (χ0n) is 59.6. The normalized spacial score (nSPS) is 17.6. The Balaban J connectivity index is 0.000000167. The van der Waals surface area contributed by atoms with E-state index in [1.54, 1.807) is 60.9 Å². The van der Waals surface area contributed by atoms with E-state index in [-0.39, 0.29) is 61.2 Å². The third kappa shape index (κ3) is 17.6. The number of nitriles is 1. The number of aryl methyl sites for hydroxylation is 1. The Bertz CT molecular complexity index is 5190. The van der Waals surface area contributed by atoms with E-state index in [0.717, 1.165) is 54.1 Å². The number of hydrogen-bond acceptors (Lipinski definition) is 21. The number of H-pyrrole nitrogens is 1. The average Bonchev–Trinajstić information content (AvgIpc) is 1.53. The van der Waals surface area contributed by atoms with Crippen LogP contribution in [0.5, 0.6) is 5.88 Å². The molecule has 542 valence electrons. The first-order chi connectivity index (χ1) is 49.0. The zero-order valence-corrected chi connectivity index (χ0v) is 62.1. The standard InChI is InChI=1S/C26H30N4O4S.C25H25N5O4S.C25H29N5O3S/c1-18-16-26(3,4)30(17-18)24-21(12-9-15-27-24)25(31)29-35(32,33)23-14-8-13-22(28-23)34-19(2)20-10-6-5-7-11-20;1-16-13-25(2,3)30(15-16)22-19(9-10-20(28-22)18-7-4-6-17(12-18)14-26)23(31)29-35(33,34)21-8-5-11-27-24(21)32;1-16-7-5-8-18(11-16)19-12-20(23(27-14-19)30-15-17(2)13-25(30,3)4)24(31)29-34(32,33)22-10-6-9-21(26)28-22/h5-15,18-19H,16-17H2,1-4H3,(H,29,31);4-12,16H,13,15H2,1-3H3,(H,27,32)(H,29,31);5-12,14,17H,13,15H2,1-4H3,(H2,26,28)(H,29,31)/t18-,19-;16-;/m00./s1. The van der Waals surface area contributed by atoms with Crippen molar-refractivity contribution in [3.05, 3.63) is 220 Å². The van der Waals surface area contributed by atoms with Crippen LogP contribution in [0, 0.1) is 36.0 Å². The monoisotopic (exact) mass is 1460 g/mol. The van der Waals surface area contributed by atoms with Crippen LogP contribution in [0.3, 0.4) is 0 Å². The van der Waals surface area contributed by atoms with Crippen LogP contribution in [0.4, 0.5) is 23.3 Å². The quantitative estimate of drug-likeness (QED) is 0.0565. The number of pyridine rings is 6. The third-order valence-corrected chi connectivity index (χ3v) is 22.0. The summed E-state index contributed by atoms with van der Waals surface area (Å²) in [7, 11) is -12.9. The lowest BCUT2D eigenvalue weighted by molar-refractivity contribution is 0.0972. The highest BCUT2D eigenvalue weighted by atomic mass is 32.2. The summed E-state index contributed by atoms with van der Waals surface area (Å²) in [6.07, 6.45) is 7.05. The molecule has 3 aliphatic rings. The van der Waals surface area contributed by atoms with E-state index in [9.17, 15) is 49.7 Å². The molecule has 9 heterocycles. The van der Waals surface area contributed by atoms with Crippen molar-refractivity contribution in [2.24, 2.45) is 17.8 Å². The molecule has 6 N–H and O–H groups in total. The van der Waals surface area contributed by atoms with Gasteiger partial charge in [-0.1, -0.05) is 105 Å². The predicted molar refractivity (Wildman–Crippen MR) is 398 cm³/mol. The number of aromatic amines is 1. The predicted octanol–water partition coefficient (Wildman–Crippen LogP) is 11.2. The van der Waals surface area contributed by atoms with Crippen molar-refractivity contribution in [3.63, 3.8) is 0 Å². The Labute approximate surface area is 606 Å². The van der Waals surface area contributed by atoms with Gasteiger partial charge >= 0.3 is 0 Å². The van der Waals surface area contributed by atoms with Crippen LogP contribution in [0.15, 0.2) is 196 Å². The molecule has 6 aromatic heterocycles. The SMILES string of the molecule is C[C@@H]1CN(c2nc(-c3cccc(C#N)c3)ccc2C(=O)NS(=O)(=O)c2ccc[nH]c2=O)C(C)(C)C1.C[C@@H]1CN(c2ncccc2C(=O)NS(=O)(=O)c2cccc(O[C@@H](C)c3ccccc3)n2)C(C)(C)C1.Cc1cccc(-c2cnc(N3CC(C)CC3(C)C)c(C(=O)NS(=O)(=O)c3cccc(N)n3)c2)c1. The van der Waals surface area contributed by atoms with Gasteiger partial charge in [-0.3, -0.25) is 19.2 Å². The summed E-state index contributed by atoms with van der Waals surface area (Å²) in [4.78, 5) is 81.6. The lowest BCUT2D eigenvalue weighted by atomic mass is 9.97. The Hall–Kier alpha value is -10.9. The molecule has 104 heavy (non-hydrogen) atoms. The second kappa shape index (κ2) is 30.6. The van der Waals surface area contributed by atoms with Crippen LogP contribution in [-0.4, -0.2) is 109 Å². The van der Waals surface area contributed by atoms with Gasteiger partial charge in [-0.05, 0) is 176 Å². The Kier molecular flexibility index (Phi) is 22.3. The van der Waals surface area contributed by atoms with Gasteiger partial charge in [0.15, 0.2) is 14.9 Å². The fourth-order valence-corrected chi connectivity index (χ4v) is 16.6. The van der Waals surface area contributed by atoms with Gasteiger partial charge in [0.2, 0.25) is 5.88 Å². The highest BCUT2D eigenvalue weighted by Gasteiger charge is 2.42. The first kappa shape index (κ1) is 75.8. The molecule has 3 aromatic carbocycles. The average molecular weight is 1470 g/mol. The zero-order chi connectivity index (χ0) is 75.3. The van der Waals surface area contributed by atoms with Crippen LogP contribution in [0.2, 0.25) is 0 Å². The number of ether oxygens (including phenoxy) is 1. The van der Waals surface area contributed by atoms with Crippen molar-refractivity contribution < 1.29 is 44.4 Å². The van der Waals surface area contributed by atoms with E-state index >= 15 is 0 Å². The van der Waals surface area contributed by atoms with Gasteiger partial charge in [0.1, 0.15) is 29.4 Å². The summed E-state index contributed by atoms with van der Waals surface area (Å²) in [5.41, 5.74) is 9.84. The molecule has 1 unspecified atom stereocenters. The Morgan fingerprint density at radius 2 is 1.11 bits per heavy atom. The lowest BCUT2D eigenvalue weighted by Crippen LogP contribution is -2.41. The fraction of sp³-hybridized carbons (Fsp3) is 0.316. The van der Waals surface area contributed by atoms with E-state index in [0.29, 0.717) is 65.1 Å². The number of carbonyl (C=O) groups is 3. The summed E-state index contributed by atoms with van der Waals surface area (Å²) >= 11 is 0. The molecule has 0 bridgehead atoms. The molecule has 9 aromatic rings. The van der Waals surface area contributed by atoms with Crippen molar-refractivity contribution in [2.75, 3.05) is 40.1 Å². The number of benzene rings is 3. The molecule has 25 nitrogen and oxygen atoms in total. The highest BCUT2D eigenvalue weighted by molar-refractivity contribution is 7.90. The number of carbonyl (C=O) groups excluding carboxylic acids is 3. The van der Waals surface area contributed by atoms with Crippen LogP contribution in [0.1, 0.15) is 142 Å². The molecule has 3 saturated heterocycles. The first-order valence-electron chi connectivity index (χ1n) is 33.7. The molecular formula is C76H84N14O11S3. The Morgan fingerprint density at radius 3 is 1.68 bits per heavy atom. The number of anilines is 4. The number of hydrogen-bond donors (Lipinski definition) is 5. The van der Waals surface area contributed by atoms with Gasteiger partial charge < -0.3 is 30.2 Å². The highest BCUT2D eigenvalue weighted by Crippen LogP contribution is 2.41. The van der Waals surface area contributed by atoms with Crippen molar-refractivity contribution in [2.45, 2.75) is 133 Å². The van der Waals surface area contributed by atoms with E-state index in [1.165, 1.54) is 48.7 Å². The maximum atomic E-state index is 13.4. The maximum absolute atomic E-state index is 13.4. The summed E-state index contributed by atoms with van der Waals surface area (Å²) in [6.45, 7) is 24.8. The van der Waals surface area contributed by atoms with Gasteiger partial charge in [0.25, 0.3) is 53.4 Å². The molecule has 4 atom stereocenters. The smallest absolute Gasteiger partial charge is 0.281 e. The number of nitrogens with two attached hydrogens (primary N) is 1. The van der Waals surface area contributed by atoms with E-state index in [2.05, 4.69) is 98.7 Å². The van der Waals surface area contributed by atoms with Gasteiger partial charge in [0, 0.05) is 72.0 Å². The first-order valence-corrected chi connectivity index (χ1v) is 38.2. The minimum absolute atomic E-state index is 0.0481. The molecule has 0 radical (unpaired) electrons. The molecule has 0 spiro atoms. The van der Waals surface area contributed by atoms with Crippen molar-refractivity contribution in [1.82, 2.24) is 44.1 Å². The van der Waals surface area contributed by atoms with Crippen molar-refractivity contribution in [1.29, 1.82) is 5.26 Å². The molecule has 0 saturated carbocycles. The van der Waals surface area contributed by atoms with Crippen molar-refractivity contribution in [3.8, 4) is 34.3 Å². The largest absolute Gasteiger partial charge is 0.470 e. The van der Waals surface area contributed by atoms with Crippen LogP contribution < -0.4 is 44.9 Å². The van der Waals surface area contributed by atoms with E-state index in [1.807, 2.05) is 98.0 Å². The van der Waals surface area contributed by atoms with Gasteiger partial charge in [-0.15, -0.1) is 0 Å². The molecule has 3 amide bonds. The number of amides is 3. The lowest BCUT2D eigenvalue weighted by Gasteiger charge is -2.34. The summed E-state index contributed by atoms with van der Waals surface area (Å²) < 4.78 is 89.6. The molecule has 3 aliphatic heterocycles. The van der Waals surface area contributed by atoms with Gasteiger partial charge in [0.05, 0.1) is 34.0 Å². The fourth-order valence-electron chi connectivity index (χ4n) is 13.7. The second-order valence-electron chi connectivity index (χ2n) is 28.3. The topological polar surface area (TPSA) is 356 Å². The summed E-state index contributed by atoms with van der Waals surface area (Å²) in [6, 6.07) is 45.7. The van der Waals surface area contributed by atoms with Crippen LogP contribution >= 0.6 is 0 Å². The van der Waals surface area contributed by atoms with Crippen LogP contribution in [0.25, 0.3) is 22.4 Å². The molecule has 3 fully saturated rings. The molecular weight excluding hydrogens is 1380 g/mol. The van der Waals surface area contributed by atoms with Crippen LogP contribution in [-0.2, 0) is 30.1 Å². The number of nitrogens with one attached hydrogen (secondary N) is 4. The van der Waals surface area contributed by atoms with E-state index in [4.69, 9.17) is 15.5 Å². The maximum Gasteiger partial charge on any atom is 0.281 e. The minimum atomic E-state index is -4.42. The van der Waals surface area contributed by atoms with Gasteiger partial charge in [-0.2, -0.15) is 27.1 Å². The summed E-state index contributed by atoms with van der Waals surface area (Å²) in [5.74, 6) is 0.220. The second-order valence-corrected chi connectivity index (χ2v) is 33.3. The molecule has 0 aliphatic carbocycles. The Morgan fingerprint density at radius 1 is 0.567 bits per heavy atom. The van der Waals surface area contributed by atoms with E-state index < -0.39 is 58.2 Å². The number of nitrogen functional groups attached to an aromatic ring is 1. The third-order valence-electron chi connectivity index (χ3n) is 18.2. The molecule has 28 heteroatoms. The number of rotatable bonds is 17. The van der Waals surface area contributed by atoms with Crippen molar-refractivity contribution >= 4 is 71.1 Å². The number of nitrogens with zero attached hydrogens (tertiary/aromatic N) is 9. The van der Waals surface area contributed by atoms with Gasteiger partial charge in [-0.25, -0.2) is 42.5 Å². The minimum Gasteiger partial charge on any atom is -0.470 e.